The summed E-state index contributed by atoms with van der Waals surface area (Å²) in [6.45, 7) is 0.362. The van der Waals surface area contributed by atoms with Crippen LogP contribution in [0.15, 0.2) is 36.1 Å². The summed E-state index contributed by atoms with van der Waals surface area (Å²) in [5.74, 6) is -0.203. The summed E-state index contributed by atoms with van der Waals surface area (Å²) in [4.78, 5) is 20.4. The van der Waals surface area contributed by atoms with E-state index in [1.165, 1.54) is 17.7 Å². The second-order valence-corrected chi connectivity index (χ2v) is 4.39. The van der Waals surface area contributed by atoms with Gasteiger partial charge in [0.2, 0.25) is 5.91 Å². The molecule has 0 saturated carbocycles. The van der Waals surface area contributed by atoms with Crippen molar-refractivity contribution in [1.29, 1.82) is 0 Å². The number of hydrogen-bond donors (Lipinski definition) is 2. The first-order chi connectivity index (χ1) is 8.27. The van der Waals surface area contributed by atoms with E-state index in [1.807, 2.05) is 17.5 Å². The fourth-order valence-corrected chi connectivity index (χ4v) is 2.03. The van der Waals surface area contributed by atoms with E-state index in [1.54, 1.807) is 12.3 Å². The molecule has 0 radical (unpaired) electrons. The summed E-state index contributed by atoms with van der Waals surface area (Å²) in [5, 5.41) is 4.64. The largest absolute Gasteiger partial charge is 0.349 e. The van der Waals surface area contributed by atoms with Gasteiger partial charge in [-0.2, -0.15) is 0 Å². The molecule has 1 amide bonds. The van der Waals surface area contributed by atoms with Crippen LogP contribution in [-0.4, -0.2) is 15.9 Å². The standard InChI is InChI=1S/C11H12N4OS/c12-10(9-2-1-5-17-9)11(16)14-6-8-3-4-13-7-15-8/h1-5,7,10H,6,12H2,(H,14,16). The van der Waals surface area contributed by atoms with Crippen LogP contribution in [0, 0.1) is 0 Å². The maximum absolute atomic E-state index is 11.7. The van der Waals surface area contributed by atoms with Crippen molar-refractivity contribution in [3.8, 4) is 0 Å². The number of carbonyl (C=O) groups is 1. The number of amides is 1. The molecule has 88 valence electrons. The summed E-state index contributed by atoms with van der Waals surface area (Å²) in [6, 6.07) is 4.85. The smallest absolute Gasteiger partial charge is 0.242 e. The number of carbonyl (C=O) groups excluding carboxylic acids is 1. The Labute approximate surface area is 103 Å². The van der Waals surface area contributed by atoms with Crippen LogP contribution in [0.2, 0.25) is 0 Å². The molecule has 5 nitrogen and oxygen atoms in total. The van der Waals surface area contributed by atoms with Crippen molar-refractivity contribution < 1.29 is 4.79 Å². The lowest BCUT2D eigenvalue weighted by atomic mass is 10.2. The minimum absolute atomic E-state index is 0.203. The first kappa shape index (κ1) is 11.7. The molecular weight excluding hydrogens is 236 g/mol. The van der Waals surface area contributed by atoms with Crippen LogP contribution in [0.25, 0.3) is 0 Å². The molecule has 0 aliphatic carbocycles. The van der Waals surface area contributed by atoms with Gasteiger partial charge in [-0.05, 0) is 17.5 Å². The van der Waals surface area contributed by atoms with Crippen molar-refractivity contribution in [2.24, 2.45) is 5.73 Å². The quantitative estimate of drug-likeness (QED) is 0.840. The molecule has 0 aromatic carbocycles. The Morgan fingerprint density at radius 3 is 3.06 bits per heavy atom. The molecule has 0 saturated heterocycles. The van der Waals surface area contributed by atoms with Crippen LogP contribution >= 0.6 is 11.3 Å². The Balaban J connectivity index is 1.90. The molecule has 2 rings (SSSR count). The normalized spacial score (nSPS) is 12.1. The number of rotatable bonds is 4. The summed E-state index contributed by atoms with van der Waals surface area (Å²) >= 11 is 1.47. The third kappa shape index (κ3) is 3.08. The van der Waals surface area contributed by atoms with Gasteiger partial charge >= 0.3 is 0 Å². The monoisotopic (exact) mass is 248 g/mol. The summed E-state index contributed by atoms with van der Waals surface area (Å²) < 4.78 is 0. The zero-order chi connectivity index (χ0) is 12.1. The molecule has 2 aromatic heterocycles. The fraction of sp³-hybridized carbons (Fsp3) is 0.182. The molecule has 2 heterocycles. The topological polar surface area (TPSA) is 80.9 Å². The zero-order valence-electron chi connectivity index (χ0n) is 9.04. The Bertz CT molecular complexity index is 471. The first-order valence-corrected chi connectivity index (χ1v) is 5.97. The lowest BCUT2D eigenvalue weighted by molar-refractivity contribution is -0.122. The van der Waals surface area contributed by atoms with Crippen LogP contribution in [0.5, 0.6) is 0 Å². The van der Waals surface area contributed by atoms with Gasteiger partial charge in [0, 0.05) is 11.1 Å². The van der Waals surface area contributed by atoms with Gasteiger partial charge in [0.25, 0.3) is 0 Å². The van der Waals surface area contributed by atoms with Crippen molar-refractivity contribution in [3.63, 3.8) is 0 Å². The second kappa shape index (κ2) is 5.51. The highest BCUT2D eigenvalue weighted by atomic mass is 32.1. The molecule has 1 atom stereocenters. The zero-order valence-corrected chi connectivity index (χ0v) is 9.85. The average molecular weight is 248 g/mol. The van der Waals surface area contributed by atoms with Crippen LogP contribution in [-0.2, 0) is 11.3 Å². The number of nitrogens with zero attached hydrogens (tertiary/aromatic N) is 2. The van der Waals surface area contributed by atoms with E-state index in [0.717, 1.165) is 10.6 Å². The Morgan fingerprint density at radius 1 is 1.53 bits per heavy atom. The van der Waals surface area contributed by atoms with Crippen molar-refractivity contribution in [2.45, 2.75) is 12.6 Å². The number of thiophene rings is 1. The van der Waals surface area contributed by atoms with Crippen molar-refractivity contribution in [1.82, 2.24) is 15.3 Å². The van der Waals surface area contributed by atoms with Crippen molar-refractivity contribution in [2.75, 3.05) is 0 Å². The predicted octanol–water partition coefficient (Wildman–Crippen LogP) is 0.854. The van der Waals surface area contributed by atoms with Gasteiger partial charge in [-0.15, -0.1) is 11.3 Å². The van der Waals surface area contributed by atoms with Crippen LogP contribution in [0.1, 0.15) is 16.6 Å². The number of nitrogens with one attached hydrogen (secondary N) is 1. The molecule has 3 N–H and O–H groups in total. The van der Waals surface area contributed by atoms with Crippen LogP contribution in [0.4, 0.5) is 0 Å². The van der Waals surface area contributed by atoms with E-state index in [9.17, 15) is 4.79 Å². The van der Waals surface area contributed by atoms with E-state index < -0.39 is 6.04 Å². The van der Waals surface area contributed by atoms with Crippen molar-refractivity contribution >= 4 is 17.2 Å². The number of aromatic nitrogens is 2. The number of hydrogen-bond acceptors (Lipinski definition) is 5. The minimum Gasteiger partial charge on any atom is -0.349 e. The molecule has 0 spiro atoms. The van der Waals surface area contributed by atoms with Crippen molar-refractivity contribution in [3.05, 3.63) is 46.7 Å². The van der Waals surface area contributed by atoms with Crippen LogP contribution in [0.3, 0.4) is 0 Å². The summed E-state index contributed by atoms with van der Waals surface area (Å²) in [6.07, 6.45) is 3.08. The lowest BCUT2D eigenvalue weighted by Crippen LogP contribution is -2.33. The third-order valence-electron chi connectivity index (χ3n) is 2.22. The van der Waals surface area contributed by atoms with E-state index in [-0.39, 0.29) is 5.91 Å². The summed E-state index contributed by atoms with van der Waals surface area (Å²) in [5.41, 5.74) is 6.57. The average Bonchev–Trinajstić information content (AvgIpc) is 2.90. The van der Waals surface area contributed by atoms with Gasteiger partial charge in [-0.1, -0.05) is 6.07 Å². The Hall–Kier alpha value is -1.79. The van der Waals surface area contributed by atoms with Gasteiger partial charge in [-0.25, -0.2) is 9.97 Å². The van der Waals surface area contributed by atoms with Gasteiger partial charge < -0.3 is 11.1 Å². The third-order valence-corrected chi connectivity index (χ3v) is 3.17. The SMILES string of the molecule is NC(C(=O)NCc1ccncn1)c1cccs1. The van der Waals surface area contributed by atoms with Gasteiger partial charge in [0.1, 0.15) is 12.4 Å². The highest BCUT2D eigenvalue weighted by Gasteiger charge is 2.16. The van der Waals surface area contributed by atoms with Gasteiger partial charge in [-0.3, -0.25) is 4.79 Å². The molecule has 2 aromatic rings. The fourth-order valence-electron chi connectivity index (χ4n) is 1.31. The molecule has 0 aliphatic rings. The Kier molecular flexibility index (Phi) is 3.79. The molecule has 0 aliphatic heterocycles. The van der Waals surface area contributed by atoms with Gasteiger partial charge in [0.15, 0.2) is 0 Å². The molecule has 1 unspecified atom stereocenters. The number of nitrogens with two attached hydrogens (primary N) is 1. The van der Waals surface area contributed by atoms with E-state index in [4.69, 9.17) is 5.73 Å². The molecule has 17 heavy (non-hydrogen) atoms. The maximum atomic E-state index is 11.7. The van der Waals surface area contributed by atoms with E-state index >= 15 is 0 Å². The molecule has 0 bridgehead atoms. The van der Waals surface area contributed by atoms with Gasteiger partial charge in [0.05, 0.1) is 12.2 Å². The lowest BCUT2D eigenvalue weighted by Gasteiger charge is -2.10. The van der Waals surface area contributed by atoms with Crippen LogP contribution < -0.4 is 11.1 Å². The highest BCUT2D eigenvalue weighted by molar-refractivity contribution is 7.10. The second-order valence-electron chi connectivity index (χ2n) is 3.41. The first-order valence-electron chi connectivity index (χ1n) is 5.09. The maximum Gasteiger partial charge on any atom is 0.242 e. The summed E-state index contributed by atoms with van der Waals surface area (Å²) in [7, 11) is 0. The molecule has 0 fully saturated rings. The van der Waals surface area contributed by atoms with E-state index in [2.05, 4.69) is 15.3 Å². The Morgan fingerprint density at radius 2 is 2.41 bits per heavy atom. The molecule has 6 heteroatoms. The minimum atomic E-state index is -0.614. The predicted molar refractivity (Wildman–Crippen MR) is 65.1 cm³/mol. The van der Waals surface area contributed by atoms with E-state index in [0.29, 0.717) is 6.54 Å². The highest BCUT2D eigenvalue weighted by Crippen LogP contribution is 2.16. The molecular formula is C11H12N4OS.